The highest BCUT2D eigenvalue weighted by Gasteiger charge is 2.29. The van der Waals surface area contributed by atoms with E-state index in [-0.39, 0.29) is 6.10 Å². The molecule has 112 valence electrons. The van der Waals surface area contributed by atoms with Crippen LogP contribution in [0.15, 0.2) is 29.2 Å². The Bertz CT molecular complexity index is 522. The van der Waals surface area contributed by atoms with Crippen LogP contribution in [0.2, 0.25) is 0 Å². The maximum absolute atomic E-state index is 12.5. The van der Waals surface area contributed by atoms with Crippen LogP contribution < -0.4 is 0 Å². The Morgan fingerprint density at radius 1 is 1.25 bits per heavy atom. The lowest BCUT2D eigenvalue weighted by Gasteiger charge is -2.31. The van der Waals surface area contributed by atoms with E-state index in [2.05, 4.69) is 15.9 Å². The molecule has 20 heavy (non-hydrogen) atoms. The maximum Gasteiger partial charge on any atom is 0.243 e. The number of nitrogens with zero attached hydrogens (tertiary/aromatic N) is 1. The molecule has 1 aromatic carbocycles. The summed E-state index contributed by atoms with van der Waals surface area (Å²) in [6.45, 7) is 3.69. The van der Waals surface area contributed by atoms with E-state index in [0.29, 0.717) is 24.6 Å². The van der Waals surface area contributed by atoms with Gasteiger partial charge in [-0.3, -0.25) is 0 Å². The van der Waals surface area contributed by atoms with E-state index in [4.69, 9.17) is 4.74 Å². The Balaban J connectivity index is 2.00. The van der Waals surface area contributed by atoms with Gasteiger partial charge in [-0.2, -0.15) is 4.31 Å². The number of aryl methyl sites for hydroxylation is 1. The highest BCUT2D eigenvalue weighted by molar-refractivity contribution is 9.09. The molecule has 0 radical (unpaired) electrons. The summed E-state index contributed by atoms with van der Waals surface area (Å²) in [7, 11) is -3.35. The van der Waals surface area contributed by atoms with Crippen molar-refractivity contribution in [1.29, 1.82) is 0 Å². The van der Waals surface area contributed by atoms with Crippen LogP contribution in [0.1, 0.15) is 18.4 Å². The van der Waals surface area contributed by atoms with Crippen molar-refractivity contribution < 1.29 is 13.2 Å². The molecular weight excluding hydrogens is 342 g/mol. The molecular formula is C14H20BrNO3S. The summed E-state index contributed by atoms with van der Waals surface area (Å²) < 4.78 is 32.2. The predicted molar refractivity (Wildman–Crippen MR) is 82.7 cm³/mol. The Labute approximate surface area is 129 Å². The van der Waals surface area contributed by atoms with E-state index in [1.54, 1.807) is 16.4 Å². The summed E-state index contributed by atoms with van der Waals surface area (Å²) in [6.07, 6.45) is 1.70. The third-order valence-electron chi connectivity index (χ3n) is 3.49. The van der Waals surface area contributed by atoms with Gasteiger partial charge in [-0.1, -0.05) is 33.6 Å². The average molecular weight is 362 g/mol. The molecule has 0 spiro atoms. The fraction of sp³-hybridized carbons (Fsp3) is 0.571. The summed E-state index contributed by atoms with van der Waals surface area (Å²) >= 11 is 3.32. The van der Waals surface area contributed by atoms with Gasteiger partial charge in [-0.15, -0.1) is 0 Å². The second kappa shape index (κ2) is 7.02. The lowest BCUT2D eigenvalue weighted by Crippen LogP contribution is -2.40. The lowest BCUT2D eigenvalue weighted by atomic mass is 10.1. The fourth-order valence-electron chi connectivity index (χ4n) is 2.31. The van der Waals surface area contributed by atoms with E-state index in [9.17, 15) is 8.42 Å². The van der Waals surface area contributed by atoms with Crippen LogP contribution in [0.5, 0.6) is 0 Å². The van der Waals surface area contributed by atoms with Crippen LogP contribution in [-0.2, 0) is 14.8 Å². The minimum absolute atomic E-state index is 0.178. The molecule has 0 aliphatic carbocycles. The maximum atomic E-state index is 12.5. The first-order valence-corrected chi connectivity index (χ1v) is 9.34. The van der Waals surface area contributed by atoms with Crippen LogP contribution in [0, 0.1) is 6.92 Å². The third-order valence-corrected chi connectivity index (χ3v) is 5.73. The highest BCUT2D eigenvalue weighted by atomic mass is 79.9. The summed E-state index contributed by atoms with van der Waals surface area (Å²) in [5.41, 5.74) is 1.06. The molecule has 0 atom stereocenters. The minimum Gasteiger partial charge on any atom is -0.377 e. The topological polar surface area (TPSA) is 46.6 Å². The number of hydrogen-bond acceptors (Lipinski definition) is 3. The molecule has 0 N–H and O–H groups in total. The van der Waals surface area contributed by atoms with Gasteiger partial charge < -0.3 is 4.74 Å². The van der Waals surface area contributed by atoms with Crippen molar-refractivity contribution in [2.24, 2.45) is 0 Å². The van der Waals surface area contributed by atoms with Crippen LogP contribution in [0.4, 0.5) is 0 Å². The van der Waals surface area contributed by atoms with E-state index in [1.165, 1.54) is 0 Å². The van der Waals surface area contributed by atoms with Crippen LogP contribution >= 0.6 is 15.9 Å². The van der Waals surface area contributed by atoms with Crippen molar-refractivity contribution >= 4 is 26.0 Å². The number of rotatable bonds is 5. The van der Waals surface area contributed by atoms with Gasteiger partial charge in [0, 0.05) is 18.4 Å². The van der Waals surface area contributed by atoms with Crippen molar-refractivity contribution in [2.45, 2.75) is 30.8 Å². The zero-order chi connectivity index (χ0) is 14.6. The Morgan fingerprint density at radius 2 is 1.85 bits per heavy atom. The van der Waals surface area contributed by atoms with E-state index in [0.717, 1.165) is 23.7 Å². The molecule has 0 saturated carbocycles. The van der Waals surface area contributed by atoms with Gasteiger partial charge in [0.15, 0.2) is 0 Å². The molecule has 1 aromatic rings. The summed E-state index contributed by atoms with van der Waals surface area (Å²) in [5, 5.41) is 0.814. The number of alkyl halides is 1. The number of ether oxygens (including phenoxy) is 1. The summed E-state index contributed by atoms with van der Waals surface area (Å²) in [5.74, 6) is 0. The zero-order valence-corrected chi connectivity index (χ0v) is 14.0. The van der Waals surface area contributed by atoms with Crippen molar-refractivity contribution in [1.82, 2.24) is 4.31 Å². The first kappa shape index (κ1) is 15.9. The Kier molecular flexibility index (Phi) is 5.60. The molecule has 1 aliphatic heterocycles. The quantitative estimate of drug-likeness (QED) is 0.757. The molecule has 0 bridgehead atoms. The van der Waals surface area contributed by atoms with Gasteiger partial charge in [0.25, 0.3) is 0 Å². The molecule has 2 rings (SSSR count). The van der Waals surface area contributed by atoms with Gasteiger partial charge in [0.2, 0.25) is 10.0 Å². The number of halogens is 1. The molecule has 0 amide bonds. The highest BCUT2D eigenvalue weighted by Crippen LogP contribution is 2.22. The third kappa shape index (κ3) is 3.81. The first-order chi connectivity index (χ1) is 9.54. The van der Waals surface area contributed by atoms with Gasteiger partial charge in [-0.25, -0.2) is 8.42 Å². The molecule has 1 saturated heterocycles. The van der Waals surface area contributed by atoms with E-state index < -0.39 is 10.0 Å². The van der Waals surface area contributed by atoms with Gasteiger partial charge in [0.1, 0.15) is 0 Å². The van der Waals surface area contributed by atoms with E-state index >= 15 is 0 Å². The number of benzene rings is 1. The standard InChI is InChI=1S/C14H20BrNO3S/c1-12-2-4-14(5-3-12)20(17,18)16-9-6-13(7-10-16)19-11-8-15/h2-5,13H,6-11H2,1H3. The smallest absolute Gasteiger partial charge is 0.243 e. The van der Waals surface area contributed by atoms with Crippen LogP contribution in [-0.4, -0.2) is 43.9 Å². The number of sulfonamides is 1. The number of piperidine rings is 1. The van der Waals surface area contributed by atoms with Crippen LogP contribution in [0.25, 0.3) is 0 Å². The fourth-order valence-corrected chi connectivity index (χ4v) is 3.97. The van der Waals surface area contributed by atoms with Crippen molar-refractivity contribution in [3.05, 3.63) is 29.8 Å². The molecule has 0 unspecified atom stereocenters. The molecule has 0 aromatic heterocycles. The number of hydrogen-bond donors (Lipinski definition) is 0. The van der Waals surface area contributed by atoms with Gasteiger partial charge in [-0.05, 0) is 31.9 Å². The van der Waals surface area contributed by atoms with Crippen molar-refractivity contribution in [2.75, 3.05) is 25.0 Å². The van der Waals surface area contributed by atoms with Gasteiger partial charge >= 0.3 is 0 Å². The second-order valence-electron chi connectivity index (χ2n) is 4.98. The summed E-state index contributed by atoms with van der Waals surface area (Å²) in [4.78, 5) is 0.378. The van der Waals surface area contributed by atoms with Crippen molar-refractivity contribution in [3.8, 4) is 0 Å². The minimum atomic E-state index is -3.35. The second-order valence-corrected chi connectivity index (χ2v) is 7.71. The van der Waals surface area contributed by atoms with Crippen molar-refractivity contribution in [3.63, 3.8) is 0 Å². The first-order valence-electron chi connectivity index (χ1n) is 6.78. The largest absolute Gasteiger partial charge is 0.377 e. The molecule has 6 heteroatoms. The zero-order valence-electron chi connectivity index (χ0n) is 11.6. The molecule has 1 aliphatic rings. The summed E-state index contributed by atoms with van der Waals surface area (Å²) in [6, 6.07) is 7.02. The molecule has 4 nitrogen and oxygen atoms in total. The van der Waals surface area contributed by atoms with Gasteiger partial charge in [0.05, 0.1) is 17.6 Å². The normalized spacial score (nSPS) is 18.3. The molecule has 1 fully saturated rings. The van der Waals surface area contributed by atoms with Crippen LogP contribution in [0.3, 0.4) is 0 Å². The SMILES string of the molecule is Cc1ccc(S(=O)(=O)N2CCC(OCCBr)CC2)cc1. The monoisotopic (exact) mass is 361 g/mol. The van der Waals surface area contributed by atoms with E-state index in [1.807, 2.05) is 19.1 Å². The Morgan fingerprint density at radius 3 is 2.40 bits per heavy atom. The predicted octanol–water partition coefficient (Wildman–Crippen LogP) is 2.56. The Hall–Kier alpha value is -0.430. The average Bonchev–Trinajstić information content (AvgIpc) is 2.46. The molecule has 1 heterocycles. The lowest BCUT2D eigenvalue weighted by molar-refractivity contribution is 0.0309.